The van der Waals surface area contributed by atoms with E-state index < -0.39 is 22.8 Å². The van der Waals surface area contributed by atoms with Crippen LogP contribution in [-0.4, -0.2) is 27.9 Å². The second-order valence-electron chi connectivity index (χ2n) is 4.38. The monoisotopic (exact) mass is 292 g/mol. The molecule has 21 heavy (non-hydrogen) atoms. The molecule has 1 amide bonds. The van der Waals surface area contributed by atoms with E-state index in [2.05, 4.69) is 5.32 Å². The van der Waals surface area contributed by atoms with Crippen LogP contribution < -0.4 is 5.32 Å². The normalized spacial score (nSPS) is 12.1. The number of carboxylic acid groups (broad SMARTS) is 1. The van der Waals surface area contributed by atoms with Crippen LogP contribution in [0.1, 0.15) is 29.3 Å². The summed E-state index contributed by atoms with van der Waals surface area (Å²) in [6.07, 6.45) is 3.45. The zero-order chi connectivity index (χ0) is 16.0. The number of nitro benzene ring substituents is 1. The number of aliphatic carboxylic acids is 1. The minimum atomic E-state index is -1.16. The summed E-state index contributed by atoms with van der Waals surface area (Å²) in [7, 11) is 0. The SMILES string of the molecule is C/C=C/CC(NC(=O)c1cccc([N+](=O)[O-])c1C)C(=O)O. The van der Waals surface area contributed by atoms with Crippen molar-refractivity contribution in [1.29, 1.82) is 0 Å². The number of benzene rings is 1. The van der Waals surface area contributed by atoms with Crippen LogP contribution in [0.5, 0.6) is 0 Å². The molecule has 0 spiro atoms. The molecule has 7 nitrogen and oxygen atoms in total. The maximum absolute atomic E-state index is 12.1. The highest BCUT2D eigenvalue weighted by molar-refractivity contribution is 5.98. The van der Waals surface area contributed by atoms with Crippen molar-refractivity contribution in [2.24, 2.45) is 0 Å². The summed E-state index contributed by atoms with van der Waals surface area (Å²) in [5.74, 6) is -1.81. The number of allylic oxidation sites excluding steroid dienone is 1. The fraction of sp³-hybridized carbons (Fsp3) is 0.286. The lowest BCUT2D eigenvalue weighted by Gasteiger charge is -2.13. The number of rotatable bonds is 6. The van der Waals surface area contributed by atoms with Crippen molar-refractivity contribution < 1.29 is 19.6 Å². The molecule has 112 valence electrons. The van der Waals surface area contributed by atoms with Gasteiger partial charge in [0, 0.05) is 17.2 Å². The van der Waals surface area contributed by atoms with Gasteiger partial charge < -0.3 is 10.4 Å². The molecule has 0 heterocycles. The molecule has 0 bridgehead atoms. The molecular formula is C14H16N2O5. The van der Waals surface area contributed by atoms with Crippen molar-refractivity contribution in [3.8, 4) is 0 Å². The van der Waals surface area contributed by atoms with Crippen molar-refractivity contribution in [3.05, 3.63) is 51.6 Å². The number of carbonyl (C=O) groups is 2. The molecule has 2 N–H and O–H groups in total. The van der Waals surface area contributed by atoms with Crippen LogP contribution in [0.3, 0.4) is 0 Å². The lowest BCUT2D eigenvalue weighted by molar-refractivity contribution is -0.385. The van der Waals surface area contributed by atoms with Gasteiger partial charge >= 0.3 is 5.97 Å². The predicted molar refractivity (Wildman–Crippen MR) is 76.2 cm³/mol. The summed E-state index contributed by atoms with van der Waals surface area (Å²) in [5.41, 5.74) is 0.120. The Balaban J connectivity index is 3.00. The minimum absolute atomic E-state index is 0.0935. The average molecular weight is 292 g/mol. The Labute approximate surface area is 121 Å². The third kappa shape index (κ3) is 4.13. The Morgan fingerprint density at radius 3 is 2.67 bits per heavy atom. The summed E-state index contributed by atoms with van der Waals surface area (Å²) in [5, 5.41) is 22.3. The van der Waals surface area contributed by atoms with Gasteiger partial charge in [-0.05, 0) is 26.3 Å². The van der Waals surface area contributed by atoms with Gasteiger partial charge in [0.15, 0.2) is 0 Å². The first-order chi connectivity index (χ1) is 9.88. The Morgan fingerprint density at radius 1 is 1.48 bits per heavy atom. The molecule has 1 unspecified atom stereocenters. The number of hydrogen-bond acceptors (Lipinski definition) is 4. The first-order valence-electron chi connectivity index (χ1n) is 6.27. The second-order valence-corrected chi connectivity index (χ2v) is 4.38. The van der Waals surface area contributed by atoms with Gasteiger partial charge in [-0.1, -0.05) is 18.2 Å². The lowest BCUT2D eigenvalue weighted by Crippen LogP contribution is -2.40. The zero-order valence-electron chi connectivity index (χ0n) is 11.7. The van der Waals surface area contributed by atoms with Gasteiger partial charge in [-0.3, -0.25) is 14.9 Å². The largest absolute Gasteiger partial charge is 0.480 e. The standard InChI is InChI=1S/C14H16N2O5/c1-3-4-7-11(14(18)19)15-13(17)10-6-5-8-12(9(10)2)16(20)21/h3-6,8,11H,7H2,1-2H3,(H,15,17)(H,18,19)/b4-3+. The number of amides is 1. The van der Waals surface area contributed by atoms with E-state index in [9.17, 15) is 19.7 Å². The molecule has 0 radical (unpaired) electrons. The molecule has 1 aromatic carbocycles. The predicted octanol–water partition coefficient (Wildman–Crippen LogP) is 2.05. The Hall–Kier alpha value is -2.70. The Morgan fingerprint density at radius 2 is 2.14 bits per heavy atom. The van der Waals surface area contributed by atoms with E-state index in [1.807, 2.05) is 0 Å². The molecule has 1 rings (SSSR count). The average Bonchev–Trinajstić information content (AvgIpc) is 2.42. The fourth-order valence-electron chi connectivity index (χ4n) is 1.80. The number of hydrogen-bond donors (Lipinski definition) is 2. The van der Waals surface area contributed by atoms with E-state index in [-0.39, 0.29) is 23.2 Å². The van der Waals surface area contributed by atoms with Crippen LogP contribution in [0.4, 0.5) is 5.69 Å². The summed E-state index contributed by atoms with van der Waals surface area (Å²) < 4.78 is 0. The van der Waals surface area contributed by atoms with Crippen LogP contribution in [0, 0.1) is 17.0 Å². The van der Waals surface area contributed by atoms with E-state index in [1.165, 1.54) is 25.1 Å². The highest BCUT2D eigenvalue weighted by Crippen LogP contribution is 2.21. The van der Waals surface area contributed by atoms with Crippen LogP contribution in [0.15, 0.2) is 30.4 Å². The highest BCUT2D eigenvalue weighted by atomic mass is 16.6. The topological polar surface area (TPSA) is 110 Å². The molecule has 0 saturated carbocycles. The van der Waals surface area contributed by atoms with Crippen LogP contribution >= 0.6 is 0 Å². The van der Waals surface area contributed by atoms with Gasteiger partial charge in [0.2, 0.25) is 0 Å². The second kappa shape index (κ2) is 7.18. The quantitative estimate of drug-likeness (QED) is 0.473. The number of nitro groups is 1. The van der Waals surface area contributed by atoms with Gasteiger partial charge in [0.1, 0.15) is 6.04 Å². The number of nitrogens with one attached hydrogen (secondary N) is 1. The van der Waals surface area contributed by atoms with E-state index in [1.54, 1.807) is 19.1 Å². The number of nitrogens with zero attached hydrogens (tertiary/aromatic N) is 1. The summed E-state index contributed by atoms with van der Waals surface area (Å²) in [4.78, 5) is 33.4. The molecule has 1 aromatic rings. The fourth-order valence-corrected chi connectivity index (χ4v) is 1.80. The molecular weight excluding hydrogens is 276 g/mol. The molecule has 7 heteroatoms. The van der Waals surface area contributed by atoms with Crippen LogP contribution in [0.2, 0.25) is 0 Å². The maximum atomic E-state index is 12.1. The number of carboxylic acids is 1. The van der Waals surface area contributed by atoms with E-state index >= 15 is 0 Å². The van der Waals surface area contributed by atoms with Crippen molar-refractivity contribution in [2.45, 2.75) is 26.3 Å². The first-order valence-corrected chi connectivity index (χ1v) is 6.27. The third-order valence-electron chi connectivity index (χ3n) is 2.96. The third-order valence-corrected chi connectivity index (χ3v) is 2.96. The Bertz CT molecular complexity index is 595. The number of carbonyl (C=O) groups excluding carboxylic acids is 1. The van der Waals surface area contributed by atoms with E-state index in [0.717, 1.165) is 0 Å². The molecule has 0 aliphatic carbocycles. The van der Waals surface area contributed by atoms with Crippen molar-refractivity contribution in [3.63, 3.8) is 0 Å². The van der Waals surface area contributed by atoms with Crippen LogP contribution in [0.25, 0.3) is 0 Å². The smallest absolute Gasteiger partial charge is 0.326 e. The lowest BCUT2D eigenvalue weighted by atomic mass is 10.1. The summed E-state index contributed by atoms with van der Waals surface area (Å²) >= 11 is 0. The molecule has 0 aromatic heterocycles. The zero-order valence-corrected chi connectivity index (χ0v) is 11.7. The molecule has 0 fully saturated rings. The van der Waals surface area contributed by atoms with Crippen molar-refractivity contribution in [2.75, 3.05) is 0 Å². The van der Waals surface area contributed by atoms with Gasteiger partial charge in [-0.25, -0.2) is 4.79 Å². The van der Waals surface area contributed by atoms with Crippen molar-refractivity contribution >= 4 is 17.6 Å². The summed E-state index contributed by atoms with van der Waals surface area (Å²) in [6, 6.07) is 3.03. The van der Waals surface area contributed by atoms with Crippen molar-refractivity contribution in [1.82, 2.24) is 5.32 Å². The molecule has 0 aliphatic rings. The molecule has 1 atom stereocenters. The first kappa shape index (κ1) is 16.4. The van der Waals surface area contributed by atoms with Gasteiger partial charge in [0.25, 0.3) is 11.6 Å². The summed E-state index contributed by atoms with van der Waals surface area (Å²) in [6.45, 7) is 3.19. The maximum Gasteiger partial charge on any atom is 0.326 e. The highest BCUT2D eigenvalue weighted by Gasteiger charge is 2.22. The van der Waals surface area contributed by atoms with E-state index in [4.69, 9.17) is 5.11 Å². The molecule has 0 aliphatic heterocycles. The van der Waals surface area contributed by atoms with E-state index in [0.29, 0.717) is 0 Å². The minimum Gasteiger partial charge on any atom is -0.480 e. The van der Waals surface area contributed by atoms with Gasteiger partial charge in [-0.2, -0.15) is 0 Å². The van der Waals surface area contributed by atoms with Crippen LogP contribution in [-0.2, 0) is 4.79 Å². The van der Waals surface area contributed by atoms with Gasteiger partial charge in [-0.15, -0.1) is 0 Å². The Kier molecular flexibility index (Phi) is 5.59. The van der Waals surface area contributed by atoms with Gasteiger partial charge in [0.05, 0.1) is 4.92 Å². The molecule has 0 saturated heterocycles.